The van der Waals surface area contributed by atoms with Crippen LogP contribution in [0.4, 0.5) is 10.1 Å². The molecule has 1 N–H and O–H groups in total. The van der Waals surface area contributed by atoms with Gasteiger partial charge in [-0.3, -0.25) is 10.1 Å². The topological polar surface area (TPSA) is 89.3 Å². The molecular formula is C13H10ClFN2O4S. The second kappa shape index (κ2) is 6.39. The van der Waals surface area contributed by atoms with E-state index in [0.717, 1.165) is 12.1 Å². The van der Waals surface area contributed by atoms with Crippen LogP contribution in [0.3, 0.4) is 0 Å². The van der Waals surface area contributed by atoms with Crippen LogP contribution in [0.15, 0.2) is 47.4 Å². The molecule has 0 unspecified atom stereocenters. The fraction of sp³-hybridized carbons (Fsp3) is 0.0769. The van der Waals surface area contributed by atoms with E-state index in [1.165, 1.54) is 30.3 Å². The van der Waals surface area contributed by atoms with Crippen molar-refractivity contribution in [3.05, 3.63) is 69.0 Å². The van der Waals surface area contributed by atoms with Gasteiger partial charge in [0.1, 0.15) is 5.82 Å². The molecule has 2 aromatic rings. The molecule has 0 spiro atoms. The SMILES string of the molecule is O=[N+]([O-])c1cccc(S(=O)(=O)NCc2ccc(F)c(Cl)c2)c1. The number of nitro benzene ring substituents is 1. The Bertz CT molecular complexity index is 827. The Kier molecular flexibility index (Phi) is 4.74. The lowest BCUT2D eigenvalue weighted by molar-refractivity contribution is -0.385. The lowest BCUT2D eigenvalue weighted by Gasteiger charge is -2.07. The fourth-order valence-corrected chi connectivity index (χ4v) is 2.94. The molecule has 0 amide bonds. The van der Waals surface area contributed by atoms with E-state index in [1.807, 2.05) is 0 Å². The van der Waals surface area contributed by atoms with E-state index >= 15 is 0 Å². The molecule has 9 heteroatoms. The Balaban J connectivity index is 2.19. The molecule has 0 bridgehead atoms. The van der Waals surface area contributed by atoms with Gasteiger partial charge in [0.2, 0.25) is 10.0 Å². The van der Waals surface area contributed by atoms with Crippen molar-refractivity contribution in [2.75, 3.05) is 0 Å². The summed E-state index contributed by atoms with van der Waals surface area (Å²) in [5, 5.41) is 10.6. The Morgan fingerprint density at radius 2 is 1.95 bits per heavy atom. The highest BCUT2D eigenvalue weighted by molar-refractivity contribution is 7.89. The zero-order valence-electron chi connectivity index (χ0n) is 11.0. The number of rotatable bonds is 5. The monoisotopic (exact) mass is 344 g/mol. The molecule has 0 saturated carbocycles. The normalized spacial score (nSPS) is 11.4. The van der Waals surface area contributed by atoms with Gasteiger partial charge in [0.05, 0.1) is 14.8 Å². The standard InChI is InChI=1S/C13H10ClFN2O4S/c14-12-6-9(4-5-13(12)15)8-16-22(20,21)11-3-1-2-10(7-11)17(18)19/h1-7,16H,8H2. The van der Waals surface area contributed by atoms with Crippen molar-refractivity contribution in [1.29, 1.82) is 0 Å². The number of sulfonamides is 1. The highest BCUT2D eigenvalue weighted by Gasteiger charge is 2.17. The first-order valence-electron chi connectivity index (χ1n) is 5.97. The van der Waals surface area contributed by atoms with Crippen LogP contribution in [0.1, 0.15) is 5.56 Å². The first-order valence-corrected chi connectivity index (χ1v) is 7.84. The smallest absolute Gasteiger partial charge is 0.258 e. The number of nitrogens with one attached hydrogen (secondary N) is 1. The van der Waals surface area contributed by atoms with Crippen molar-refractivity contribution in [2.45, 2.75) is 11.4 Å². The third kappa shape index (κ3) is 3.79. The maximum atomic E-state index is 13.0. The maximum Gasteiger partial charge on any atom is 0.270 e. The fourth-order valence-electron chi connectivity index (χ4n) is 1.68. The van der Waals surface area contributed by atoms with Crippen LogP contribution in [0.25, 0.3) is 0 Å². The predicted molar refractivity (Wildman–Crippen MR) is 78.5 cm³/mol. The van der Waals surface area contributed by atoms with E-state index in [-0.39, 0.29) is 22.2 Å². The molecule has 0 aliphatic heterocycles. The number of nitrogens with zero attached hydrogens (tertiary/aromatic N) is 1. The van der Waals surface area contributed by atoms with Crippen LogP contribution in [0, 0.1) is 15.9 Å². The van der Waals surface area contributed by atoms with Crippen molar-refractivity contribution >= 4 is 27.3 Å². The summed E-state index contributed by atoms with van der Waals surface area (Å²) < 4.78 is 39.5. The average Bonchev–Trinajstić information content (AvgIpc) is 2.48. The number of hydrogen-bond donors (Lipinski definition) is 1. The van der Waals surface area contributed by atoms with E-state index in [2.05, 4.69) is 4.72 Å². The number of halogens is 2. The molecule has 0 atom stereocenters. The molecule has 0 heterocycles. The summed E-state index contributed by atoms with van der Waals surface area (Å²) in [7, 11) is -3.93. The zero-order chi connectivity index (χ0) is 16.3. The predicted octanol–water partition coefficient (Wildman–Crippen LogP) is 2.87. The van der Waals surface area contributed by atoms with E-state index in [1.54, 1.807) is 0 Å². The quantitative estimate of drug-likeness (QED) is 0.667. The molecule has 0 fully saturated rings. The van der Waals surface area contributed by atoms with Crippen LogP contribution >= 0.6 is 11.6 Å². The van der Waals surface area contributed by atoms with E-state index in [9.17, 15) is 22.9 Å². The number of nitro groups is 1. The van der Waals surface area contributed by atoms with Crippen molar-refractivity contribution < 1.29 is 17.7 Å². The molecule has 116 valence electrons. The molecule has 0 aromatic heterocycles. The van der Waals surface area contributed by atoms with Crippen LogP contribution in [-0.4, -0.2) is 13.3 Å². The molecule has 0 aliphatic carbocycles. The minimum absolute atomic E-state index is 0.118. The summed E-state index contributed by atoms with van der Waals surface area (Å²) >= 11 is 5.61. The van der Waals surface area contributed by atoms with Gasteiger partial charge in [0.15, 0.2) is 0 Å². The Morgan fingerprint density at radius 1 is 1.23 bits per heavy atom. The lowest BCUT2D eigenvalue weighted by Crippen LogP contribution is -2.23. The molecule has 6 nitrogen and oxygen atoms in total. The molecule has 0 radical (unpaired) electrons. The van der Waals surface area contributed by atoms with Gasteiger partial charge in [0.25, 0.3) is 5.69 Å². The van der Waals surface area contributed by atoms with Gasteiger partial charge in [-0.2, -0.15) is 0 Å². The van der Waals surface area contributed by atoms with Crippen molar-refractivity contribution in [3.63, 3.8) is 0 Å². The van der Waals surface area contributed by atoms with Gasteiger partial charge >= 0.3 is 0 Å². The highest BCUT2D eigenvalue weighted by atomic mass is 35.5. The third-order valence-corrected chi connectivity index (χ3v) is 4.48. The lowest BCUT2D eigenvalue weighted by atomic mass is 10.2. The highest BCUT2D eigenvalue weighted by Crippen LogP contribution is 2.19. The van der Waals surface area contributed by atoms with Gasteiger partial charge in [-0.05, 0) is 23.8 Å². The second-order valence-corrected chi connectivity index (χ2v) is 6.50. The summed E-state index contributed by atoms with van der Waals surface area (Å²) in [5.74, 6) is -0.605. The van der Waals surface area contributed by atoms with Crippen molar-refractivity contribution in [2.24, 2.45) is 0 Å². The summed E-state index contributed by atoms with van der Waals surface area (Å²) in [6.45, 7) is -0.120. The van der Waals surface area contributed by atoms with Gasteiger partial charge in [0, 0.05) is 18.7 Å². The first kappa shape index (κ1) is 16.3. The van der Waals surface area contributed by atoms with Gasteiger partial charge in [-0.15, -0.1) is 0 Å². The van der Waals surface area contributed by atoms with E-state index < -0.39 is 20.8 Å². The maximum absolute atomic E-state index is 13.0. The van der Waals surface area contributed by atoms with E-state index in [0.29, 0.717) is 5.56 Å². The number of benzene rings is 2. The molecule has 0 aliphatic rings. The van der Waals surface area contributed by atoms with Crippen LogP contribution < -0.4 is 4.72 Å². The third-order valence-electron chi connectivity index (χ3n) is 2.79. The number of non-ortho nitro benzene ring substituents is 1. The summed E-state index contributed by atoms with van der Waals surface area (Å²) in [6, 6.07) is 8.48. The zero-order valence-corrected chi connectivity index (χ0v) is 12.6. The minimum atomic E-state index is -3.93. The minimum Gasteiger partial charge on any atom is -0.258 e. The van der Waals surface area contributed by atoms with Crippen molar-refractivity contribution in [3.8, 4) is 0 Å². The molecule has 2 rings (SSSR count). The summed E-state index contributed by atoms with van der Waals surface area (Å²) in [4.78, 5) is 9.76. The molecule has 2 aromatic carbocycles. The number of hydrogen-bond acceptors (Lipinski definition) is 4. The molecular weight excluding hydrogens is 335 g/mol. The molecule has 22 heavy (non-hydrogen) atoms. The van der Waals surface area contributed by atoms with Gasteiger partial charge < -0.3 is 0 Å². The largest absolute Gasteiger partial charge is 0.270 e. The van der Waals surface area contributed by atoms with Gasteiger partial charge in [-0.1, -0.05) is 23.7 Å². The Morgan fingerprint density at radius 3 is 2.59 bits per heavy atom. The van der Waals surface area contributed by atoms with E-state index in [4.69, 9.17) is 11.6 Å². The Labute approximate surface area is 130 Å². The Hall–Kier alpha value is -2.03. The van der Waals surface area contributed by atoms with Crippen LogP contribution in [0.5, 0.6) is 0 Å². The molecule has 0 saturated heterocycles. The summed E-state index contributed by atoms with van der Waals surface area (Å²) in [5.41, 5.74) is 0.133. The second-order valence-electron chi connectivity index (χ2n) is 4.33. The first-order chi connectivity index (χ1) is 10.3. The van der Waals surface area contributed by atoms with Crippen LogP contribution in [-0.2, 0) is 16.6 Å². The van der Waals surface area contributed by atoms with Crippen LogP contribution in [0.2, 0.25) is 5.02 Å². The average molecular weight is 345 g/mol. The summed E-state index contributed by atoms with van der Waals surface area (Å²) in [6.07, 6.45) is 0. The van der Waals surface area contributed by atoms with Gasteiger partial charge in [-0.25, -0.2) is 17.5 Å². The van der Waals surface area contributed by atoms with Crippen molar-refractivity contribution in [1.82, 2.24) is 4.72 Å².